The summed E-state index contributed by atoms with van der Waals surface area (Å²) in [4.78, 5) is 4.16. The van der Waals surface area contributed by atoms with Crippen molar-refractivity contribution in [1.82, 2.24) is 10.2 Å². The molecule has 1 aliphatic heterocycles. The predicted molar refractivity (Wildman–Crippen MR) is 92.4 cm³/mol. The summed E-state index contributed by atoms with van der Waals surface area (Å²) < 4.78 is 1.21. The van der Waals surface area contributed by atoms with Crippen molar-refractivity contribution in [1.29, 1.82) is 0 Å². The molecule has 1 aromatic heterocycles. The molecule has 1 unspecified atom stereocenters. The van der Waals surface area contributed by atoms with Gasteiger partial charge >= 0.3 is 0 Å². The highest BCUT2D eigenvalue weighted by Gasteiger charge is 2.37. The van der Waals surface area contributed by atoms with Crippen LogP contribution in [0.25, 0.3) is 0 Å². The standard InChI is InChI=1S/C16H27BrN2S/c1-5-16(6-2)11-19(15(8-18-16)12(3)4)9-14-7-13(17)10-20-14/h7,10,12,15,18H,5-6,8-9,11H2,1-4H3. The molecule has 114 valence electrons. The van der Waals surface area contributed by atoms with E-state index in [1.165, 1.54) is 28.7 Å². The van der Waals surface area contributed by atoms with Crippen LogP contribution in [0, 0.1) is 5.92 Å². The Kier molecular flexibility index (Phi) is 5.69. The molecule has 1 fully saturated rings. The second-order valence-electron chi connectivity index (χ2n) is 6.32. The molecule has 1 aliphatic rings. The van der Waals surface area contributed by atoms with Gasteiger partial charge in [0.15, 0.2) is 0 Å². The molecule has 4 heteroatoms. The Morgan fingerprint density at radius 2 is 2.15 bits per heavy atom. The van der Waals surface area contributed by atoms with Crippen LogP contribution in [0.4, 0.5) is 0 Å². The van der Waals surface area contributed by atoms with Crippen molar-refractivity contribution in [3.05, 3.63) is 20.8 Å². The fourth-order valence-electron chi connectivity index (χ4n) is 3.20. The Hall–Kier alpha value is 0.1000. The van der Waals surface area contributed by atoms with Gasteiger partial charge in [0.25, 0.3) is 0 Å². The van der Waals surface area contributed by atoms with Crippen molar-refractivity contribution >= 4 is 27.3 Å². The van der Waals surface area contributed by atoms with Gasteiger partial charge in [0.05, 0.1) is 0 Å². The molecule has 2 heterocycles. The summed E-state index contributed by atoms with van der Waals surface area (Å²) in [6, 6.07) is 2.91. The molecule has 2 rings (SSSR count). The zero-order valence-corrected chi connectivity index (χ0v) is 15.5. The maximum atomic E-state index is 3.84. The molecule has 1 aromatic rings. The fourth-order valence-corrected chi connectivity index (χ4v) is 4.68. The lowest BCUT2D eigenvalue weighted by Crippen LogP contribution is -2.64. The van der Waals surface area contributed by atoms with Gasteiger partial charge < -0.3 is 5.32 Å². The number of hydrogen-bond acceptors (Lipinski definition) is 3. The average molecular weight is 359 g/mol. The summed E-state index contributed by atoms with van der Waals surface area (Å²) in [6.07, 6.45) is 2.41. The average Bonchev–Trinajstić information content (AvgIpc) is 2.83. The maximum absolute atomic E-state index is 3.84. The van der Waals surface area contributed by atoms with Crippen LogP contribution >= 0.6 is 27.3 Å². The second-order valence-corrected chi connectivity index (χ2v) is 8.23. The normalized spacial score (nSPS) is 23.4. The zero-order chi connectivity index (χ0) is 14.8. The molecule has 0 saturated carbocycles. The number of thiophene rings is 1. The van der Waals surface area contributed by atoms with Gasteiger partial charge in [-0.2, -0.15) is 0 Å². The third-order valence-electron chi connectivity index (χ3n) is 4.76. The van der Waals surface area contributed by atoms with Crippen molar-refractivity contribution < 1.29 is 0 Å². The van der Waals surface area contributed by atoms with E-state index in [1.54, 1.807) is 0 Å². The molecule has 0 amide bonds. The lowest BCUT2D eigenvalue weighted by atomic mass is 9.86. The number of hydrogen-bond donors (Lipinski definition) is 1. The highest BCUT2D eigenvalue weighted by molar-refractivity contribution is 9.10. The molecule has 0 aliphatic carbocycles. The molecule has 20 heavy (non-hydrogen) atoms. The molecule has 0 aromatic carbocycles. The highest BCUT2D eigenvalue weighted by atomic mass is 79.9. The minimum Gasteiger partial charge on any atom is -0.308 e. The Labute approximate surface area is 136 Å². The Morgan fingerprint density at radius 1 is 1.45 bits per heavy atom. The summed E-state index contributed by atoms with van der Waals surface area (Å²) in [7, 11) is 0. The largest absolute Gasteiger partial charge is 0.308 e. The number of nitrogens with one attached hydrogen (secondary N) is 1. The van der Waals surface area contributed by atoms with E-state index in [-0.39, 0.29) is 0 Å². The van der Waals surface area contributed by atoms with Crippen LogP contribution in [0.3, 0.4) is 0 Å². The van der Waals surface area contributed by atoms with Gasteiger partial charge in [-0.1, -0.05) is 27.7 Å². The van der Waals surface area contributed by atoms with E-state index < -0.39 is 0 Å². The van der Waals surface area contributed by atoms with Gasteiger partial charge in [-0.15, -0.1) is 11.3 Å². The van der Waals surface area contributed by atoms with E-state index in [0.717, 1.165) is 13.1 Å². The molecule has 1 saturated heterocycles. The van der Waals surface area contributed by atoms with Crippen LogP contribution in [-0.2, 0) is 6.54 Å². The van der Waals surface area contributed by atoms with Gasteiger partial charge in [-0.05, 0) is 40.8 Å². The number of piperazine rings is 1. The molecule has 1 N–H and O–H groups in total. The van der Waals surface area contributed by atoms with Crippen molar-refractivity contribution in [3.63, 3.8) is 0 Å². The summed E-state index contributed by atoms with van der Waals surface area (Å²) in [6.45, 7) is 12.7. The Balaban J connectivity index is 2.14. The third-order valence-corrected chi connectivity index (χ3v) is 6.45. The van der Waals surface area contributed by atoms with Gasteiger partial charge in [-0.25, -0.2) is 0 Å². The zero-order valence-electron chi connectivity index (χ0n) is 13.1. The van der Waals surface area contributed by atoms with Crippen molar-refractivity contribution in [2.24, 2.45) is 5.92 Å². The summed E-state index contributed by atoms with van der Waals surface area (Å²) >= 11 is 5.43. The first-order valence-electron chi connectivity index (χ1n) is 7.71. The van der Waals surface area contributed by atoms with Crippen LogP contribution in [0.5, 0.6) is 0 Å². The smallest absolute Gasteiger partial charge is 0.0332 e. The van der Waals surface area contributed by atoms with Gasteiger partial charge in [-0.3, -0.25) is 4.90 Å². The topological polar surface area (TPSA) is 15.3 Å². The highest BCUT2D eigenvalue weighted by Crippen LogP contribution is 2.29. The third kappa shape index (κ3) is 3.65. The van der Waals surface area contributed by atoms with Crippen LogP contribution < -0.4 is 5.32 Å². The minimum absolute atomic E-state index is 0.305. The monoisotopic (exact) mass is 358 g/mol. The number of halogens is 1. The molecule has 0 spiro atoms. The van der Waals surface area contributed by atoms with Crippen molar-refractivity contribution in [2.75, 3.05) is 13.1 Å². The Morgan fingerprint density at radius 3 is 2.65 bits per heavy atom. The van der Waals surface area contributed by atoms with Crippen LogP contribution in [0.15, 0.2) is 15.9 Å². The van der Waals surface area contributed by atoms with Crippen molar-refractivity contribution in [3.8, 4) is 0 Å². The molecule has 0 bridgehead atoms. The molecule has 0 radical (unpaired) electrons. The number of nitrogens with zero attached hydrogens (tertiary/aromatic N) is 1. The Bertz CT molecular complexity index is 426. The second kappa shape index (κ2) is 6.91. The van der Waals surface area contributed by atoms with E-state index in [0.29, 0.717) is 17.5 Å². The number of rotatable bonds is 5. The van der Waals surface area contributed by atoms with E-state index >= 15 is 0 Å². The maximum Gasteiger partial charge on any atom is 0.0332 e. The first-order valence-corrected chi connectivity index (χ1v) is 9.39. The lowest BCUT2D eigenvalue weighted by molar-refractivity contribution is 0.0451. The molecule has 1 atom stereocenters. The predicted octanol–water partition coefficient (Wildman–Crippen LogP) is 4.50. The molecular formula is C16H27BrN2S. The van der Waals surface area contributed by atoms with Gasteiger partial charge in [0.2, 0.25) is 0 Å². The molecular weight excluding hydrogens is 332 g/mol. The SMILES string of the molecule is CCC1(CC)CN(Cc2cc(Br)cs2)C(C(C)C)CN1. The first kappa shape index (κ1) is 16.5. The van der Waals surface area contributed by atoms with E-state index in [4.69, 9.17) is 0 Å². The van der Waals surface area contributed by atoms with Crippen LogP contribution in [0.2, 0.25) is 0 Å². The summed E-state index contributed by atoms with van der Waals surface area (Å²) in [5.41, 5.74) is 0.305. The quantitative estimate of drug-likeness (QED) is 0.833. The minimum atomic E-state index is 0.305. The van der Waals surface area contributed by atoms with Crippen LogP contribution in [0.1, 0.15) is 45.4 Å². The van der Waals surface area contributed by atoms with Gasteiger partial charge in [0.1, 0.15) is 0 Å². The summed E-state index contributed by atoms with van der Waals surface area (Å²) in [5, 5.41) is 6.03. The van der Waals surface area contributed by atoms with Crippen LogP contribution in [-0.4, -0.2) is 29.6 Å². The van der Waals surface area contributed by atoms with Gasteiger partial charge in [0, 0.05) is 45.9 Å². The lowest BCUT2D eigenvalue weighted by Gasteiger charge is -2.48. The van der Waals surface area contributed by atoms with E-state index in [1.807, 2.05) is 11.3 Å². The molecule has 2 nitrogen and oxygen atoms in total. The van der Waals surface area contributed by atoms with E-state index in [9.17, 15) is 0 Å². The van der Waals surface area contributed by atoms with E-state index in [2.05, 4.69) is 65.3 Å². The summed E-state index contributed by atoms with van der Waals surface area (Å²) in [5.74, 6) is 0.692. The fraction of sp³-hybridized carbons (Fsp3) is 0.750. The first-order chi connectivity index (χ1) is 9.49. The van der Waals surface area contributed by atoms with Crippen molar-refractivity contribution in [2.45, 2.75) is 58.7 Å².